The molecule has 1 aliphatic heterocycles. The van der Waals surface area contributed by atoms with E-state index in [1.54, 1.807) is 0 Å². The maximum atomic E-state index is 12.0. The minimum atomic E-state index is -0.264. The van der Waals surface area contributed by atoms with Gasteiger partial charge in [-0.1, -0.05) is 29.8 Å². The second kappa shape index (κ2) is 8.47. The van der Waals surface area contributed by atoms with E-state index in [1.807, 2.05) is 31.2 Å². The Morgan fingerprint density at radius 2 is 2.25 bits per heavy atom. The van der Waals surface area contributed by atoms with Crippen LogP contribution in [0.25, 0.3) is 0 Å². The van der Waals surface area contributed by atoms with Crippen LogP contribution in [0.3, 0.4) is 0 Å². The summed E-state index contributed by atoms with van der Waals surface area (Å²) in [5.74, 6) is -0.0146. The molecule has 112 valence electrons. The molecule has 0 unspecified atom stereocenters. The van der Waals surface area contributed by atoms with Crippen LogP contribution in [0.15, 0.2) is 24.3 Å². The topological polar surface area (TPSA) is 50.4 Å². The lowest BCUT2D eigenvalue weighted by molar-refractivity contribution is -0.128. The van der Waals surface area contributed by atoms with E-state index in [0.29, 0.717) is 19.7 Å². The van der Waals surface area contributed by atoms with Gasteiger partial charge in [0.25, 0.3) is 0 Å². The van der Waals surface area contributed by atoms with E-state index in [-0.39, 0.29) is 30.5 Å². The smallest absolute Gasteiger partial charge is 0.239 e. The number of benzene rings is 1. The Labute approximate surface area is 130 Å². The predicted molar refractivity (Wildman–Crippen MR) is 82.6 cm³/mol. The van der Waals surface area contributed by atoms with Crippen LogP contribution in [0.5, 0.6) is 0 Å². The van der Waals surface area contributed by atoms with Crippen molar-refractivity contribution in [1.29, 1.82) is 0 Å². The number of carbonyl (C=O) groups is 1. The SMILES string of the molecule is C[C@H]1OCCN[C@@H]1C(=O)NCCc1ccccc1Cl.Cl. The Hall–Kier alpha value is -0.810. The van der Waals surface area contributed by atoms with Gasteiger partial charge < -0.3 is 15.4 Å². The summed E-state index contributed by atoms with van der Waals surface area (Å²) < 4.78 is 5.45. The maximum Gasteiger partial charge on any atom is 0.239 e. The maximum absolute atomic E-state index is 12.0. The molecule has 1 saturated heterocycles. The fourth-order valence-electron chi connectivity index (χ4n) is 2.16. The standard InChI is InChI=1S/C14H19ClN2O2.ClH/c1-10-13(16-8-9-19-10)14(18)17-7-6-11-4-2-3-5-12(11)15;/h2-5,10,13,16H,6-9H2,1H3,(H,17,18);1H/t10-,13+;/m1./s1. The summed E-state index contributed by atoms with van der Waals surface area (Å²) in [7, 11) is 0. The van der Waals surface area contributed by atoms with Crippen molar-refractivity contribution in [3.05, 3.63) is 34.9 Å². The second-order valence-corrected chi connectivity index (χ2v) is 5.05. The summed E-state index contributed by atoms with van der Waals surface area (Å²) in [6, 6.07) is 7.41. The third kappa shape index (κ3) is 4.63. The van der Waals surface area contributed by atoms with Crippen LogP contribution < -0.4 is 10.6 Å². The Balaban J connectivity index is 0.00000200. The highest BCUT2D eigenvalue weighted by Gasteiger charge is 2.27. The normalized spacial score (nSPS) is 21.9. The van der Waals surface area contributed by atoms with Crippen LogP contribution in [-0.2, 0) is 16.0 Å². The van der Waals surface area contributed by atoms with Gasteiger partial charge >= 0.3 is 0 Å². The van der Waals surface area contributed by atoms with Crippen molar-refractivity contribution in [2.24, 2.45) is 0 Å². The molecule has 1 amide bonds. The lowest BCUT2D eigenvalue weighted by atomic mass is 10.1. The van der Waals surface area contributed by atoms with Gasteiger partial charge in [-0.25, -0.2) is 0 Å². The molecule has 1 aromatic rings. The summed E-state index contributed by atoms with van der Waals surface area (Å²) in [6.07, 6.45) is 0.641. The Kier molecular flexibility index (Phi) is 7.30. The van der Waals surface area contributed by atoms with Crippen molar-refractivity contribution in [2.45, 2.75) is 25.5 Å². The van der Waals surface area contributed by atoms with Crippen LogP contribution in [0.4, 0.5) is 0 Å². The van der Waals surface area contributed by atoms with Gasteiger partial charge in [0.05, 0.1) is 12.7 Å². The first kappa shape index (κ1) is 17.2. The lowest BCUT2D eigenvalue weighted by Gasteiger charge is -2.29. The van der Waals surface area contributed by atoms with E-state index < -0.39 is 0 Å². The molecule has 6 heteroatoms. The summed E-state index contributed by atoms with van der Waals surface area (Å²) >= 11 is 6.07. The zero-order valence-corrected chi connectivity index (χ0v) is 13.0. The third-order valence-electron chi connectivity index (χ3n) is 3.25. The van der Waals surface area contributed by atoms with Crippen LogP contribution in [0.2, 0.25) is 5.02 Å². The monoisotopic (exact) mass is 318 g/mol. The number of nitrogens with one attached hydrogen (secondary N) is 2. The number of halogens is 2. The van der Waals surface area contributed by atoms with Gasteiger partial charge in [0.2, 0.25) is 5.91 Å². The molecule has 2 N–H and O–H groups in total. The molecule has 2 atom stereocenters. The van der Waals surface area contributed by atoms with Crippen LogP contribution >= 0.6 is 24.0 Å². The molecule has 0 saturated carbocycles. The lowest BCUT2D eigenvalue weighted by Crippen LogP contribution is -2.55. The first-order valence-corrected chi connectivity index (χ1v) is 6.92. The minimum Gasteiger partial charge on any atom is -0.375 e. The highest BCUT2D eigenvalue weighted by atomic mass is 35.5. The van der Waals surface area contributed by atoms with Crippen molar-refractivity contribution >= 4 is 29.9 Å². The average Bonchev–Trinajstić information content (AvgIpc) is 2.41. The summed E-state index contributed by atoms with van der Waals surface area (Å²) in [5.41, 5.74) is 1.05. The molecule has 0 radical (unpaired) electrons. The van der Waals surface area contributed by atoms with E-state index in [4.69, 9.17) is 16.3 Å². The van der Waals surface area contributed by atoms with Crippen molar-refractivity contribution in [2.75, 3.05) is 19.7 Å². The van der Waals surface area contributed by atoms with Crippen molar-refractivity contribution in [1.82, 2.24) is 10.6 Å². The fourth-order valence-corrected chi connectivity index (χ4v) is 2.39. The van der Waals surface area contributed by atoms with E-state index in [0.717, 1.165) is 17.0 Å². The molecule has 0 spiro atoms. The highest BCUT2D eigenvalue weighted by Crippen LogP contribution is 2.14. The minimum absolute atomic E-state index is 0. The molecule has 0 bridgehead atoms. The largest absolute Gasteiger partial charge is 0.375 e. The molecule has 1 aromatic carbocycles. The fraction of sp³-hybridized carbons (Fsp3) is 0.500. The van der Waals surface area contributed by atoms with Gasteiger partial charge in [-0.15, -0.1) is 12.4 Å². The zero-order chi connectivity index (χ0) is 13.7. The molecule has 1 aliphatic rings. The van der Waals surface area contributed by atoms with Gasteiger partial charge in [-0.05, 0) is 25.0 Å². The average molecular weight is 319 g/mol. The first-order valence-electron chi connectivity index (χ1n) is 6.54. The second-order valence-electron chi connectivity index (χ2n) is 4.64. The molecule has 0 aliphatic carbocycles. The molecule has 1 heterocycles. The van der Waals surface area contributed by atoms with Crippen molar-refractivity contribution in [3.63, 3.8) is 0 Å². The van der Waals surface area contributed by atoms with Gasteiger partial charge in [0.15, 0.2) is 0 Å². The zero-order valence-electron chi connectivity index (χ0n) is 11.4. The van der Waals surface area contributed by atoms with Gasteiger partial charge in [0, 0.05) is 18.1 Å². The van der Waals surface area contributed by atoms with E-state index >= 15 is 0 Å². The highest BCUT2D eigenvalue weighted by molar-refractivity contribution is 6.31. The van der Waals surface area contributed by atoms with Gasteiger partial charge in [-0.2, -0.15) is 0 Å². The molecule has 20 heavy (non-hydrogen) atoms. The first-order chi connectivity index (χ1) is 9.18. The Morgan fingerprint density at radius 1 is 1.50 bits per heavy atom. The summed E-state index contributed by atoms with van der Waals surface area (Å²) in [4.78, 5) is 12.0. The Bertz CT molecular complexity index is 443. The summed E-state index contributed by atoms with van der Waals surface area (Å²) in [6.45, 7) is 3.86. The number of amides is 1. The number of carbonyl (C=O) groups excluding carboxylic acids is 1. The molecule has 4 nitrogen and oxygen atoms in total. The molecular weight excluding hydrogens is 299 g/mol. The van der Waals surface area contributed by atoms with Gasteiger partial charge in [0.1, 0.15) is 6.04 Å². The van der Waals surface area contributed by atoms with Gasteiger partial charge in [-0.3, -0.25) is 4.79 Å². The third-order valence-corrected chi connectivity index (χ3v) is 3.62. The molecule has 0 aromatic heterocycles. The van der Waals surface area contributed by atoms with Crippen LogP contribution in [-0.4, -0.2) is 37.7 Å². The summed E-state index contributed by atoms with van der Waals surface area (Å²) in [5, 5.41) is 6.82. The van der Waals surface area contributed by atoms with E-state index in [9.17, 15) is 4.79 Å². The van der Waals surface area contributed by atoms with E-state index in [1.165, 1.54) is 0 Å². The number of rotatable bonds is 4. The Morgan fingerprint density at radius 3 is 2.95 bits per heavy atom. The number of hydrogen-bond acceptors (Lipinski definition) is 3. The van der Waals surface area contributed by atoms with Crippen molar-refractivity contribution in [3.8, 4) is 0 Å². The quantitative estimate of drug-likeness (QED) is 0.890. The molecule has 1 fully saturated rings. The number of hydrogen-bond donors (Lipinski definition) is 2. The molecule has 2 rings (SSSR count). The van der Waals surface area contributed by atoms with Crippen molar-refractivity contribution < 1.29 is 9.53 Å². The number of ether oxygens (including phenoxy) is 1. The van der Waals surface area contributed by atoms with Crippen LogP contribution in [0.1, 0.15) is 12.5 Å². The van der Waals surface area contributed by atoms with E-state index in [2.05, 4.69) is 10.6 Å². The number of morpholine rings is 1. The van der Waals surface area contributed by atoms with Crippen LogP contribution in [0, 0.1) is 0 Å². The predicted octanol–water partition coefficient (Wildman–Crippen LogP) is 1.80. The molecular formula is C14H20Cl2N2O2.